The molecule has 1 aliphatic heterocycles. The highest BCUT2D eigenvalue weighted by molar-refractivity contribution is 6.32. The third-order valence-electron chi connectivity index (χ3n) is 3.20. The van der Waals surface area contributed by atoms with Crippen molar-refractivity contribution in [2.24, 2.45) is 0 Å². The predicted octanol–water partition coefficient (Wildman–Crippen LogP) is 2.31. The lowest BCUT2D eigenvalue weighted by Crippen LogP contribution is -2.33. The second-order valence-corrected chi connectivity index (χ2v) is 5.09. The van der Waals surface area contributed by atoms with E-state index in [0.29, 0.717) is 25.1 Å². The molecule has 1 amide bonds. The molecule has 1 aliphatic rings. The number of hydrogen-bond acceptors (Lipinski definition) is 3. The summed E-state index contributed by atoms with van der Waals surface area (Å²) in [7, 11) is 0. The molecular formula is C12H16ClNO3. The van der Waals surface area contributed by atoms with Gasteiger partial charge in [-0.05, 0) is 43.9 Å². The van der Waals surface area contributed by atoms with E-state index in [4.69, 9.17) is 16.0 Å². The fourth-order valence-electron chi connectivity index (χ4n) is 2.08. The first-order chi connectivity index (χ1) is 7.99. The van der Waals surface area contributed by atoms with Crippen molar-refractivity contribution in [3.8, 4) is 0 Å². The Morgan fingerprint density at radius 3 is 2.94 bits per heavy atom. The first-order valence-corrected chi connectivity index (χ1v) is 6.12. The lowest BCUT2D eigenvalue weighted by Gasteiger charge is -2.22. The summed E-state index contributed by atoms with van der Waals surface area (Å²) in [5.74, 6) is -0.124. The van der Waals surface area contributed by atoms with Gasteiger partial charge in [-0.15, -0.1) is 0 Å². The number of hydrogen-bond donors (Lipinski definition) is 1. The number of amides is 1. The zero-order valence-corrected chi connectivity index (χ0v) is 10.5. The standard InChI is InChI=1S/C12H16ClNO3/c1-12(16)4-2-6-14(7-5-12)11(15)9-3-8-17-10(9)13/h3,8,16H,2,4-7H2,1H3. The molecule has 0 saturated carbocycles. The second kappa shape index (κ2) is 4.70. The molecule has 4 nitrogen and oxygen atoms in total. The van der Waals surface area contributed by atoms with E-state index in [9.17, 15) is 9.90 Å². The Kier molecular flexibility index (Phi) is 3.45. The summed E-state index contributed by atoms with van der Waals surface area (Å²) in [6.45, 7) is 3.01. The average Bonchev–Trinajstić information content (AvgIpc) is 2.59. The van der Waals surface area contributed by atoms with E-state index < -0.39 is 5.60 Å². The molecule has 1 unspecified atom stereocenters. The van der Waals surface area contributed by atoms with Crippen molar-refractivity contribution in [2.45, 2.75) is 31.8 Å². The zero-order chi connectivity index (χ0) is 12.5. The summed E-state index contributed by atoms with van der Waals surface area (Å²) in [4.78, 5) is 13.9. The monoisotopic (exact) mass is 257 g/mol. The van der Waals surface area contributed by atoms with Gasteiger partial charge in [0.15, 0.2) is 0 Å². The van der Waals surface area contributed by atoms with Crippen LogP contribution >= 0.6 is 11.6 Å². The molecule has 17 heavy (non-hydrogen) atoms. The highest BCUT2D eigenvalue weighted by atomic mass is 35.5. The molecule has 5 heteroatoms. The quantitative estimate of drug-likeness (QED) is 0.840. The third-order valence-corrected chi connectivity index (χ3v) is 3.49. The minimum Gasteiger partial charge on any atom is -0.452 e. The van der Waals surface area contributed by atoms with Crippen LogP contribution in [0.2, 0.25) is 5.22 Å². The Bertz CT molecular complexity index is 414. The Morgan fingerprint density at radius 1 is 1.53 bits per heavy atom. The van der Waals surface area contributed by atoms with Crippen molar-refractivity contribution in [1.82, 2.24) is 4.90 Å². The van der Waals surface area contributed by atoms with Gasteiger partial charge in [0.1, 0.15) is 0 Å². The number of furan rings is 1. The summed E-state index contributed by atoms with van der Waals surface area (Å²) >= 11 is 5.79. The summed E-state index contributed by atoms with van der Waals surface area (Å²) in [5, 5.41) is 10.1. The van der Waals surface area contributed by atoms with Crippen molar-refractivity contribution in [3.63, 3.8) is 0 Å². The molecule has 0 aliphatic carbocycles. The molecular weight excluding hydrogens is 242 g/mol. The van der Waals surface area contributed by atoms with Gasteiger partial charge in [0.25, 0.3) is 5.91 Å². The molecule has 1 N–H and O–H groups in total. The van der Waals surface area contributed by atoms with E-state index in [0.717, 1.165) is 12.8 Å². The molecule has 94 valence electrons. The highest BCUT2D eigenvalue weighted by Crippen LogP contribution is 2.24. The molecule has 0 bridgehead atoms. The fourth-order valence-corrected chi connectivity index (χ4v) is 2.28. The topological polar surface area (TPSA) is 53.7 Å². The number of nitrogens with zero attached hydrogens (tertiary/aromatic N) is 1. The number of halogens is 1. The van der Waals surface area contributed by atoms with Crippen LogP contribution in [0, 0.1) is 0 Å². The largest absolute Gasteiger partial charge is 0.452 e. The molecule has 1 fully saturated rings. The van der Waals surface area contributed by atoms with Gasteiger partial charge in [0.05, 0.1) is 17.4 Å². The van der Waals surface area contributed by atoms with E-state index in [2.05, 4.69) is 0 Å². The summed E-state index contributed by atoms with van der Waals surface area (Å²) in [5.41, 5.74) is -0.275. The maximum absolute atomic E-state index is 12.1. The lowest BCUT2D eigenvalue weighted by atomic mass is 9.98. The number of aliphatic hydroxyl groups is 1. The smallest absolute Gasteiger partial charge is 0.258 e. The lowest BCUT2D eigenvalue weighted by molar-refractivity contribution is 0.0438. The Morgan fingerprint density at radius 2 is 2.29 bits per heavy atom. The number of carbonyl (C=O) groups is 1. The first-order valence-electron chi connectivity index (χ1n) is 5.74. The van der Waals surface area contributed by atoms with Gasteiger partial charge in [0, 0.05) is 13.1 Å². The summed E-state index contributed by atoms with van der Waals surface area (Å²) in [6.07, 6.45) is 3.52. The highest BCUT2D eigenvalue weighted by Gasteiger charge is 2.28. The van der Waals surface area contributed by atoms with Crippen LogP contribution in [0.15, 0.2) is 16.7 Å². The van der Waals surface area contributed by atoms with Crippen LogP contribution in [0.3, 0.4) is 0 Å². The molecule has 2 rings (SSSR count). The van der Waals surface area contributed by atoms with Crippen LogP contribution in [0.25, 0.3) is 0 Å². The molecule has 1 saturated heterocycles. The Hall–Kier alpha value is -1.00. The van der Waals surface area contributed by atoms with Crippen molar-refractivity contribution >= 4 is 17.5 Å². The zero-order valence-electron chi connectivity index (χ0n) is 9.78. The van der Waals surface area contributed by atoms with Crippen LogP contribution in [0.5, 0.6) is 0 Å². The Balaban J connectivity index is 2.08. The van der Waals surface area contributed by atoms with Gasteiger partial charge in [-0.25, -0.2) is 0 Å². The SMILES string of the molecule is CC1(O)CCCN(C(=O)c2ccoc2Cl)CC1. The minimum atomic E-state index is -0.671. The van der Waals surface area contributed by atoms with E-state index in [1.807, 2.05) is 6.92 Å². The van der Waals surface area contributed by atoms with Crippen molar-refractivity contribution in [3.05, 3.63) is 23.1 Å². The first kappa shape index (κ1) is 12.5. The number of carbonyl (C=O) groups excluding carboxylic acids is 1. The Labute approximate surface area is 105 Å². The molecule has 2 heterocycles. The van der Waals surface area contributed by atoms with Crippen molar-refractivity contribution in [2.75, 3.05) is 13.1 Å². The summed E-state index contributed by atoms with van der Waals surface area (Å²) in [6, 6.07) is 1.58. The minimum absolute atomic E-state index is 0.124. The van der Waals surface area contributed by atoms with Gasteiger partial charge < -0.3 is 14.4 Å². The van der Waals surface area contributed by atoms with E-state index >= 15 is 0 Å². The van der Waals surface area contributed by atoms with Crippen LogP contribution in [0.4, 0.5) is 0 Å². The van der Waals surface area contributed by atoms with Crippen LogP contribution < -0.4 is 0 Å². The van der Waals surface area contributed by atoms with E-state index in [-0.39, 0.29) is 11.1 Å². The fraction of sp³-hybridized carbons (Fsp3) is 0.583. The normalized spacial score (nSPS) is 25.7. The van der Waals surface area contributed by atoms with Gasteiger partial charge >= 0.3 is 0 Å². The summed E-state index contributed by atoms with van der Waals surface area (Å²) < 4.78 is 4.92. The van der Waals surface area contributed by atoms with Gasteiger partial charge in [-0.3, -0.25) is 4.79 Å². The van der Waals surface area contributed by atoms with Gasteiger partial charge in [0.2, 0.25) is 5.22 Å². The van der Waals surface area contributed by atoms with Crippen molar-refractivity contribution in [1.29, 1.82) is 0 Å². The maximum atomic E-state index is 12.1. The molecule has 0 radical (unpaired) electrons. The van der Waals surface area contributed by atoms with Gasteiger partial charge in [-0.2, -0.15) is 0 Å². The van der Waals surface area contributed by atoms with E-state index in [1.54, 1.807) is 11.0 Å². The molecule has 1 atom stereocenters. The van der Waals surface area contributed by atoms with Crippen LogP contribution in [-0.2, 0) is 0 Å². The predicted molar refractivity (Wildman–Crippen MR) is 64.1 cm³/mol. The molecule has 1 aromatic rings. The van der Waals surface area contributed by atoms with Crippen molar-refractivity contribution < 1.29 is 14.3 Å². The van der Waals surface area contributed by atoms with Crippen LogP contribution in [0.1, 0.15) is 36.5 Å². The number of rotatable bonds is 1. The third kappa shape index (κ3) is 2.82. The average molecular weight is 258 g/mol. The molecule has 0 aromatic carbocycles. The van der Waals surface area contributed by atoms with Crippen LogP contribution in [-0.4, -0.2) is 34.6 Å². The second-order valence-electron chi connectivity index (χ2n) is 4.75. The molecule has 0 spiro atoms. The van der Waals surface area contributed by atoms with Gasteiger partial charge in [-0.1, -0.05) is 0 Å². The number of likely N-dealkylation sites (tertiary alicyclic amines) is 1. The maximum Gasteiger partial charge on any atom is 0.258 e. The molecule has 1 aromatic heterocycles. The van der Waals surface area contributed by atoms with E-state index in [1.165, 1.54) is 6.26 Å².